The molecule has 0 aromatic carbocycles. The molecule has 0 bridgehead atoms. The summed E-state index contributed by atoms with van der Waals surface area (Å²) >= 11 is 0. The van der Waals surface area contributed by atoms with Crippen LogP contribution in [0.3, 0.4) is 0 Å². The first-order valence-electron chi connectivity index (χ1n) is 4.49. The molecule has 1 amide bonds. The van der Waals surface area contributed by atoms with Gasteiger partial charge in [0.25, 0.3) is 0 Å². The Kier molecular flexibility index (Phi) is 2.90. The minimum atomic E-state index is -0.863. The number of hydrogen-bond acceptors (Lipinski definition) is 2. The van der Waals surface area contributed by atoms with E-state index in [0.717, 1.165) is 19.3 Å². The Morgan fingerprint density at radius 1 is 1.69 bits per heavy atom. The van der Waals surface area contributed by atoms with Gasteiger partial charge in [-0.3, -0.25) is 9.59 Å². The second kappa shape index (κ2) is 3.77. The number of aliphatic carboxylic acids is 1. The first-order chi connectivity index (χ1) is 6.06. The summed E-state index contributed by atoms with van der Waals surface area (Å²) in [6.07, 6.45) is 3.69. The Morgan fingerprint density at radius 2 is 2.31 bits per heavy atom. The standard InChI is InChI=1S/C9H15NO3/c1-9(10-6-11,5-8(12)13)4-7-2-3-7/h6-7H,2-5H2,1H3,(H,10,11)(H,12,13). The number of carbonyl (C=O) groups excluding carboxylic acids is 1. The molecule has 1 fully saturated rings. The van der Waals surface area contributed by atoms with Crippen molar-refractivity contribution < 1.29 is 14.7 Å². The Hall–Kier alpha value is -1.06. The van der Waals surface area contributed by atoms with Crippen molar-refractivity contribution in [3.05, 3.63) is 0 Å². The molecular weight excluding hydrogens is 170 g/mol. The average Bonchev–Trinajstić information content (AvgIpc) is 2.68. The molecule has 1 unspecified atom stereocenters. The van der Waals surface area contributed by atoms with Gasteiger partial charge in [-0.15, -0.1) is 0 Å². The topological polar surface area (TPSA) is 66.4 Å². The summed E-state index contributed by atoms with van der Waals surface area (Å²) in [7, 11) is 0. The summed E-state index contributed by atoms with van der Waals surface area (Å²) in [5.41, 5.74) is -0.561. The van der Waals surface area contributed by atoms with E-state index in [0.29, 0.717) is 12.3 Å². The smallest absolute Gasteiger partial charge is 0.305 e. The zero-order valence-corrected chi connectivity index (χ0v) is 7.75. The largest absolute Gasteiger partial charge is 0.481 e. The van der Waals surface area contributed by atoms with E-state index in [2.05, 4.69) is 5.32 Å². The maximum atomic E-state index is 10.5. The van der Waals surface area contributed by atoms with E-state index in [1.165, 1.54) is 0 Å². The number of carboxylic acids is 1. The first kappa shape index (κ1) is 10.0. The van der Waals surface area contributed by atoms with E-state index in [4.69, 9.17) is 5.11 Å². The lowest BCUT2D eigenvalue weighted by Gasteiger charge is -2.27. The molecule has 1 rings (SSSR count). The fourth-order valence-electron chi connectivity index (χ4n) is 1.62. The zero-order valence-electron chi connectivity index (χ0n) is 7.75. The maximum absolute atomic E-state index is 10.5. The molecule has 2 N–H and O–H groups in total. The molecule has 0 aromatic rings. The number of nitrogens with one attached hydrogen (secondary N) is 1. The molecule has 1 saturated carbocycles. The van der Waals surface area contributed by atoms with E-state index < -0.39 is 11.5 Å². The lowest BCUT2D eigenvalue weighted by molar-refractivity contribution is -0.138. The molecule has 0 aliphatic heterocycles. The highest BCUT2D eigenvalue weighted by molar-refractivity contribution is 5.69. The van der Waals surface area contributed by atoms with Gasteiger partial charge in [-0.05, 0) is 19.3 Å². The summed E-state index contributed by atoms with van der Waals surface area (Å²) in [6.45, 7) is 1.79. The Morgan fingerprint density at radius 3 is 2.69 bits per heavy atom. The van der Waals surface area contributed by atoms with Crippen LogP contribution in [0.5, 0.6) is 0 Å². The summed E-state index contributed by atoms with van der Waals surface area (Å²) in [6, 6.07) is 0. The van der Waals surface area contributed by atoms with Gasteiger partial charge in [0.15, 0.2) is 0 Å². The quantitative estimate of drug-likeness (QED) is 0.600. The van der Waals surface area contributed by atoms with E-state index in [9.17, 15) is 9.59 Å². The summed E-state index contributed by atoms with van der Waals surface area (Å²) < 4.78 is 0. The van der Waals surface area contributed by atoms with Gasteiger partial charge in [0.1, 0.15) is 0 Å². The van der Waals surface area contributed by atoms with Gasteiger partial charge >= 0.3 is 5.97 Å². The maximum Gasteiger partial charge on any atom is 0.305 e. The number of amides is 1. The van der Waals surface area contributed by atoms with Crippen LogP contribution in [0.25, 0.3) is 0 Å². The van der Waals surface area contributed by atoms with Crippen molar-refractivity contribution in [2.24, 2.45) is 5.92 Å². The van der Waals surface area contributed by atoms with Crippen LogP contribution in [0.2, 0.25) is 0 Å². The third kappa shape index (κ3) is 3.44. The molecule has 13 heavy (non-hydrogen) atoms. The van der Waals surface area contributed by atoms with Crippen LogP contribution in [0.15, 0.2) is 0 Å². The second-order valence-corrected chi connectivity index (χ2v) is 4.04. The van der Waals surface area contributed by atoms with Gasteiger partial charge < -0.3 is 10.4 Å². The highest BCUT2D eigenvalue weighted by Gasteiger charge is 2.34. The van der Waals surface area contributed by atoms with Crippen molar-refractivity contribution in [3.63, 3.8) is 0 Å². The Bertz CT molecular complexity index is 213. The molecule has 0 spiro atoms. The normalized spacial score (nSPS) is 20.4. The summed E-state index contributed by atoms with van der Waals surface area (Å²) in [4.78, 5) is 20.8. The van der Waals surface area contributed by atoms with Crippen LogP contribution in [-0.2, 0) is 9.59 Å². The van der Waals surface area contributed by atoms with Crippen molar-refractivity contribution in [2.45, 2.75) is 38.1 Å². The van der Waals surface area contributed by atoms with Crippen molar-refractivity contribution in [2.75, 3.05) is 0 Å². The van der Waals surface area contributed by atoms with E-state index in [1.54, 1.807) is 6.92 Å². The molecule has 0 radical (unpaired) electrons. The van der Waals surface area contributed by atoms with E-state index >= 15 is 0 Å². The fourth-order valence-corrected chi connectivity index (χ4v) is 1.62. The van der Waals surface area contributed by atoms with Crippen LogP contribution in [0.1, 0.15) is 32.6 Å². The molecule has 74 valence electrons. The molecule has 0 aromatic heterocycles. The first-order valence-corrected chi connectivity index (χ1v) is 4.49. The van der Waals surface area contributed by atoms with E-state index in [1.807, 2.05) is 0 Å². The molecule has 1 aliphatic carbocycles. The van der Waals surface area contributed by atoms with Crippen molar-refractivity contribution in [1.29, 1.82) is 0 Å². The monoisotopic (exact) mass is 185 g/mol. The number of hydrogen-bond donors (Lipinski definition) is 2. The molecular formula is C9H15NO3. The molecule has 0 heterocycles. The van der Waals surface area contributed by atoms with Crippen molar-refractivity contribution in [3.8, 4) is 0 Å². The number of rotatable bonds is 6. The third-order valence-electron chi connectivity index (χ3n) is 2.38. The van der Waals surface area contributed by atoms with Crippen molar-refractivity contribution >= 4 is 12.4 Å². The van der Waals surface area contributed by atoms with Crippen LogP contribution < -0.4 is 5.32 Å². The molecule has 0 saturated heterocycles. The van der Waals surface area contributed by atoms with Crippen LogP contribution in [0.4, 0.5) is 0 Å². The average molecular weight is 185 g/mol. The SMILES string of the molecule is CC(CC(=O)O)(CC1CC1)NC=O. The number of carbonyl (C=O) groups is 2. The van der Waals surface area contributed by atoms with Gasteiger partial charge in [-0.25, -0.2) is 0 Å². The van der Waals surface area contributed by atoms with Crippen LogP contribution in [0, 0.1) is 5.92 Å². The molecule has 1 aliphatic rings. The lowest BCUT2D eigenvalue weighted by atomic mass is 9.91. The Labute approximate surface area is 77.3 Å². The van der Waals surface area contributed by atoms with Gasteiger partial charge in [0.2, 0.25) is 6.41 Å². The predicted molar refractivity (Wildman–Crippen MR) is 47.2 cm³/mol. The highest BCUT2D eigenvalue weighted by Crippen LogP contribution is 2.37. The van der Waals surface area contributed by atoms with Crippen LogP contribution >= 0.6 is 0 Å². The minimum Gasteiger partial charge on any atom is -0.481 e. The second-order valence-electron chi connectivity index (χ2n) is 4.04. The van der Waals surface area contributed by atoms with Crippen molar-refractivity contribution in [1.82, 2.24) is 5.32 Å². The van der Waals surface area contributed by atoms with Gasteiger partial charge in [0.05, 0.1) is 6.42 Å². The van der Waals surface area contributed by atoms with E-state index in [-0.39, 0.29) is 6.42 Å². The summed E-state index contributed by atoms with van der Waals surface area (Å²) in [5, 5.41) is 11.3. The number of carboxylic acid groups (broad SMARTS) is 1. The highest BCUT2D eigenvalue weighted by atomic mass is 16.4. The third-order valence-corrected chi connectivity index (χ3v) is 2.38. The lowest BCUT2D eigenvalue weighted by Crippen LogP contribution is -2.43. The fraction of sp³-hybridized carbons (Fsp3) is 0.778. The van der Waals surface area contributed by atoms with Crippen LogP contribution in [-0.4, -0.2) is 23.0 Å². The zero-order chi connectivity index (χ0) is 9.90. The predicted octanol–water partition coefficient (Wildman–Crippen LogP) is 0.766. The Balaban J connectivity index is 2.48. The van der Waals surface area contributed by atoms with Gasteiger partial charge in [-0.1, -0.05) is 12.8 Å². The van der Waals surface area contributed by atoms with Gasteiger partial charge in [-0.2, -0.15) is 0 Å². The summed E-state index contributed by atoms with van der Waals surface area (Å²) in [5.74, 6) is -0.255. The van der Waals surface area contributed by atoms with Gasteiger partial charge in [0, 0.05) is 5.54 Å². The molecule has 4 nitrogen and oxygen atoms in total. The minimum absolute atomic E-state index is 0.00222. The molecule has 4 heteroatoms. The molecule has 1 atom stereocenters.